The summed E-state index contributed by atoms with van der Waals surface area (Å²) < 4.78 is 38.3. The predicted molar refractivity (Wildman–Crippen MR) is 84.5 cm³/mol. The fraction of sp³-hybridized carbons (Fsp3) is 0.571. The van der Waals surface area contributed by atoms with Gasteiger partial charge in [-0.2, -0.15) is 24.9 Å². The van der Waals surface area contributed by atoms with Crippen molar-refractivity contribution in [1.29, 1.82) is 0 Å². The Kier molecular flexibility index (Phi) is 6.25. The number of rotatable bonds is 6. The minimum absolute atomic E-state index is 0.113. The molecule has 0 amide bonds. The lowest BCUT2D eigenvalue weighted by Crippen LogP contribution is -2.32. The van der Waals surface area contributed by atoms with E-state index >= 15 is 0 Å². The van der Waals surface area contributed by atoms with E-state index in [1.54, 1.807) is 11.8 Å². The third-order valence-electron chi connectivity index (χ3n) is 3.62. The van der Waals surface area contributed by atoms with Crippen molar-refractivity contribution in [1.82, 2.24) is 0 Å². The van der Waals surface area contributed by atoms with Gasteiger partial charge in [0.15, 0.2) is 0 Å². The van der Waals surface area contributed by atoms with Gasteiger partial charge in [0.2, 0.25) is 0 Å². The van der Waals surface area contributed by atoms with Gasteiger partial charge >= 0.3 is 6.18 Å². The van der Waals surface area contributed by atoms with Gasteiger partial charge in [-0.05, 0) is 53.2 Å². The zero-order chi connectivity index (χ0) is 15.4. The normalized spacial score (nSPS) is 12.6. The van der Waals surface area contributed by atoms with Gasteiger partial charge in [-0.15, -0.1) is 0 Å². The molecule has 0 heterocycles. The Hall–Kier alpha value is -0.360. The van der Waals surface area contributed by atoms with Crippen LogP contribution in [-0.4, -0.2) is 17.5 Å². The number of hydrogen-bond acceptors (Lipinski definition) is 2. The molecule has 0 aliphatic rings. The number of anilines is 1. The van der Waals surface area contributed by atoms with Gasteiger partial charge in [0, 0.05) is 21.5 Å². The third-order valence-corrected chi connectivity index (χ3v) is 5.86. The maximum Gasteiger partial charge on any atom is 0.416 e. The number of hydrogen-bond donors (Lipinski definition) is 1. The van der Waals surface area contributed by atoms with E-state index in [0.29, 0.717) is 10.2 Å². The van der Waals surface area contributed by atoms with Crippen LogP contribution in [0.3, 0.4) is 0 Å². The van der Waals surface area contributed by atoms with Crippen molar-refractivity contribution in [3.05, 3.63) is 28.2 Å². The van der Waals surface area contributed by atoms with Crippen LogP contribution < -0.4 is 5.32 Å². The standard InChI is InChI=1S/C14H19BrF3NS/c1-4-13(5-2,20-3)9-19-12-7-6-10(8-11(12)15)14(16,17)18/h6-8,19H,4-5,9H2,1-3H3. The Morgan fingerprint density at radius 3 is 2.20 bits per heavy atom. The molecule has 6 heteroatoms. The first-order valence-electron chi connectivity index (χ1n) is 6.43. The zero-order valence-electron chi connectivity index (χ0n) is 11.8. The molecular formula is C14H19BrF3NS. The van der Waals surface area contributed by atoms with Gasteiger partial charge in [-0.3, -0.25) is 0 Å². The lowest BCUT2D eigenvalue weighted by atomic mass is 10.0. The zero-order valence-corrected chi connectivity index (χ0v) is 14.2. The second kappa shape index (κ2) is 7.07. The van der Waals surface area contributed by atoms with Crippen LogP contribution in [0.1, 0.15) is 32.3 Å². The number of halogens is 4. The molecule has 114 valence electrons. The van der Waals surface area contributed by atoms with Crippen molar-refractivity contribution in [3.63, 3.8) is 0 Å². The Morgan fingerprint density at radius 1 is 1.20 bits per heavy atom. The van der Waals surface area contributed by atoms with Crippen molar-refractivity contribution in [3.8, 4) is 0 Å². The van der Waals surface area contributed by atoms with Gasteiger partial charge in [0.25, 0.3) is 0 Å². The number of nitrogens with one attached hydrogen (secondary N) is 1. The minimum Gasteiger partial charge on any atom is -0.383 e. The van der Waals surface area contributed by atoms with Gasteiger partial charge in [-0.25, -0.2) is 0 Å². The first-order chi connectivity index (χ1) is 9.28. The Balaban J connectivity index is 2.84. The molecule has 1 N–H and O–H groups in total. The summed E-state index contributed by atoms with van der Waals surface area (Å²) in [5.74, 6) is 0. The molecule has 0 aliphatic carbocycles. The Labute approximate surface area is 130 Å². The van der Waals surface area contributed by atoms with Crippen LogP contribution in [0.25, 0.3) is 0 Å². The van der Waals surface area contributed by atoms with E-state index in [1.807, 2.05) is 0 Å². The predicted octanol–water partition coefficient (Wildman–Crippen LogP) is 5.80. The van der Waals surface area contributed by atoms with Crippen molar-refractivity contribution < 1.29 is 13.2 Å². The van der Waals surface area contributed by atoms with E-state index < -0.39 is 11.7 Å². The van der Waals surface area contributed by atoms with E-state index in [9.17, 15) is 13.2 Å². The molecule has 0 atom stereocenters. The molecule has 0 bridgehead atoms. The summed E-state index contributed by atoms with van der Waals surface area (Å²) in [5.41, 5.74) is 0.0513. The van der Waals surface area contributed by atoms with E-state index in [2.05, 4.69) is 41.3 Å². The van der Waals surface area contributed by atoms with Crippen LogP contribution in [0, 0.1) is 0 Å². The average Bonchev–Trinajstić information content (AvgIpc) is 2.41. The fourth-order valence-electron chi connectivity index (χ4n) is 1.95. The third kappa shape index (κ3) is 4.32. The van der Waals surface area contributed by atoms with E-state index in [0.717, 1.165) is 31.5 Å². The van der Waals surface area contributed by atoms with Gasteiger partial charge in [0.1, 0.15) is 0 Å². The number of thioether (sulfide) groups is 1. The summed E-state index contributed by atoms with van der Waals surface area (Å²) in [4.78, 5) is 0. The van der Waals surface area contributed by atoms with Crippen molar-refractivity contribution in [2.45, 2.75) is 37.6 Å². The largest absolute Gasteiger partial charge is 0.416 e. The molecule has 1 aromatic carbocycles. The van der Waals surface area contributed by atoms with Crippen LogP contribution in [0.4, 0.5) is 18.9 Å². The quantitative estimate of drug-likeness (QED) is 0.679. The summed E-state index contributed by atoms with van der Waals surface area (Å²) >= 11 is 5.00. The number of benzene rings is 1. The molecule has 0 spiro atoms. The molecule has 0 fully saturated rings. The first kappa shape index (κ1) is 17.7. The van der Waals surface area contributed by atoms with Crippen molar-refractivity contribution in [2.75, 3.05) is 18.1 Å². The summed E-state index contributed by atoms with van der Waals surface area (Å²) in [7, 11) is 0. The van der Waals surface area contributed by atoms with Gasteiger partial charge in [-0.1, -0.05) is 13.8 Å². The summed E-state index contributed by atoms with van der Waals surface area (Å²) in [5, 5.41) is 3.25. The second-order valence-corrected chi connectivity index (χ2v) is 6.77. The maximum atomic E-state index is 12.6. The summed E-state index contributed by atoms with van der Waals surface area (Å²) in [6.07, 6.45) is -0.223. The van der Waals surface area contributed by atoms with Crippen molar-refractivity contribution in [2.24, 2.45) is 0 Å². The van der Waals surface area contributed by atoms with E-state index in [1.165, 1.54) is 6.07 Å². The molecule has 0 unspecified atom stereocenters. The highest BCUT2D eigenvalue weighted by Crippen LogP contribution is 2.35. The molecule has 0 aliphatic heterocycles. The lowest BCUT2D eigenvalue weighted by molar-refractivity contribution is -0.137. The van der Waals surface area contributed by atoms with Gasteiger partial charge < -0.3 is 5.32 Å². The number of alkyl halides is 3. The molecule has 0 radical (unpaired) electrons. The SMILES string of the molecule is CCC(CC)(CNc1ccc(C(F)(F)F)cc1Br)SC. The summed E-state index contributed by atoms with van der Waals surface area (Å²) in [6.45, 7) is 4.98. The fourth-order valence-corrected chi connectivity index (χ4v) is 3.26. The van der Waals surface area contributed by atoms with Gasteiger partial charge in [0.05, 0.1) is 5.56 Å². The molecule has 0 saturated heterocycles. The summed E-state index contributed by atoms with van der Waals surface area (Å²) in [6, 6.07) is 3.69. The van der Waals surface area contributed by atoms with E-state index in [-0.39, 0.29) is 4.75 Å². The van der Waals surface area contributed by atoms with Crippen LogP contribution in [0.15, 0.2) is 22.7 Å². The molecule has 0 aromatic heterocycles. The molecule has 1 rings (SSSR count). The van der Waals surface area contributed by atoms with Crippen LogP contribution in [-0.2, 0) is 6.18 Å². The first-order valence-corrected chi connectivity index (χ1v) is 8.45. The highest BCUT2D eigenvalue weighted by molar-refractivity contribution is 9.10. The lowest BCUT2D eigenvalue weighted by Gasteiger charge is -2.30. The van der Waals surface area contributed by atoms with Crippen LogP contribution >= 0.6 is 27.7 Å². The minimum atomic E-state index is -4.31. The Bertz CT molecular complexity index is 436. The molecule has 20 heavy (non-hydrogen) atoms. The van der Waals surface area contributed by atoms with Crippen LogP contribution in [0.2, 0.25) is 0 Å². The molecular weight excluding hydrogens is 351 g/mol. The topological polar surface area (TPSA) is 12.0 Å². The highest BCUT2D eigenvalue weighted by atomic mass is 79.9. The Morgan fingerprint density at radius 2 is 1.80 bits per heavy atom. The second-order valence-electron chi connectivity index (χ2n) is 4.64. The molecule has 0 saturated carbocycles. The van der Waals surface area contributed by atoms with Crippen molar-refractivity contribution >= 4 is 33.4 Å². The molecule has 1 aromatic rings. The van der Waals surface area contributed by atoms with Crippen LogP contribution in [0.5, 0.6) is 0 Å². The monoisotopic (exact) mass is 369 g/mol. The smallest absolute Gasteiger partial charge is 0.383 e. The van der Waals surface area contributed by atoms with E-state index in [4.69, 9.17) is 0 Å². The molecule has 1 nitrogen and oxygen atoms in total. The maximum absolute atomic E-state index is 12.6. The highest BCUT2D eigenvalue weighted by Gasteiger charge is 2.31. The average molecular weight is 370 g/mol.